The summed E-state index contributed by atoms with van der Waals surface area (Å²) in [5, 5.41) is 8.57. The molecule has 0 radical (unpaired) electrons. The topological polar surface area (TPSA) is 80.4 Å². The molecule has 1 aromatic carbocycles. The first-order chi connectivity index (χ1) is 8.45. The third-order valence-electron chi connectivity index (χ3n) is 2.71. The highest BCUT2D eigenvalue weighted by Crippen LogP contribution is 2.23. The SMILES string of the molecule is CCC(SCc1ccc(C(N)=O)cc1C)C(=O)O. The molecule has 0 aliphatic carbocycles. The van der Waals surface area contributed by atoms with Gasteiger partial charge in [0.25, 0.3) is 0 Å². The second kappa shape index (κ2) is 6.44. The standard InChI is InChI=1S/C13H17NO3S/c1-3-11(13(16)17)18-7-10-5-4-9(12(14)15)6-8(10)2/h4-6,11H,3,7H2,1-2H3,(H2,14,15)(H,16,17). The summed E-state index contributed by atoms with van der Waals surface area (Å²) < 4.78 is 0. The van der Waals surface area contributed by atoms with Crippen molar-refractivity contribution < 1.29 is 14.7 Å². The second-order valence-electron chi connectivity index (χ2n) is 4.05. The number of hydrogen-bond acceptors (Lipinski definition) is 3. The van der Waals surface area contributed by atoms with Gasteiger partial charge in [-0.3, -0.25) is 9.59 Å². The van der Waals surface area contributed by atoms with Crippen molar-refractivity contribution in [2.45, 2.75) is 31.3 Å². The highest BCUT2D eigenvalue weighted by Gasteiger charge is 2.15. The van der Waals surface area contributed by atoms with Gasteiger partial charge in [0, 0.05) is 11.3 Å². The Labute approximate surface area is 111 Å². The molecule has 0 heterocycles. The highest BCUT2D eigenvalue weighted by atomic mass is 32.2. The lowest BCUT2D eigenvalue weighted by molar-refractivity contribution is -0.136. The number of primary amides is 1. The largest absolute Gasteiger partial charge is 0.480 e. The molecule has 0 spiro atoms. The van der Waals surface area contributed by atoms with Gasteiger partial charge in [-0.1, -0.05) is 13.0 Å². The summed E-state index contributed by atoms with van der Waals surface area (Å²) in [5.41, 5.74) is 7.66. The highest BCUT2D eigenvalue weighted by molar-refractivity contribution is 7.99. The molecule has 0 saturated carbocycles. The smallest absolute Gasteiger partial charge is 0.316 e. The minimum Gasteiger partial charge on any atom is -0.480 e. The molecule has 0 aliphatic rings. The Hall–Kier alpha value is -1.49. The molecule has 0 aliphatic heterocycles. The number of aryl methyl sites for hydroxylation is 1. The van der Waals surface area contributed by atoms with Gasteiger partial charge in [0.05, 0.1) is 0 Å². The summed E-state index contributed by atoms with van der Waals surface area (Å²) in [6.07, 6.45) is 0.596. The van der Waals surface area contributed by atoms with Crippen LogP contribution >= 0.6 is 11.8 Å². The molecule has 98 valence electrons. The molecule has 1 unspecified atom stereocenters. The van der Waals surface area contributed by atoms with E-state index < -0.39 is 11.9 Å². The summed E-state index contributed by atoms with van der Waals surface area (Å²) in [4.78, 5) is 21.9. The van der Waals surface area contributed by atoms with Gasteiger partial charge in [0.15, 0.2) is 0 Å². The number of rotatable bonds is 6. The van der Waals surface area contributed by atoms with Crippen LogP contribution in [0.3, 0.4) is 0 Å². The number of amides is 1. The molecule has 0 aromatic heterocycles. The van der Waals surface area contributed by atoms with E-state index >= 15 is 0 Å². The van der Waals surface area contributed by atoms with Gasteiger partial charge >= 0.3 is 5.97 Å². The van der Waals surface area contributed by atoms with Gasteiger partial charge in [-0.15, -0.1) is 11.8 Å². The Kier molecular flexibility index (Phi) is 5.22. The van der Waals surface area contributed by atoms with E-state index in [1.54, 1.807) is 12.1 Å². The molecule has 1 aromatic rings. The summed E-state index contributed by atoms with van der Waals surface area (Å²) >= 11 is 1.40. The van der Waals surface area contributed by atoms with Crippen LogP contribution in [-0.4, -0.2) is 22.2 Å². The number of aliphatic carboxylic acids is 1. The molecule has 0 fully saturated rings. The number of hydrogen-bond donors (Lipinski definition) is 2. The quantitative estimate of drug-likeness (QED) is 0.828. The van der Waals surface area contributed by atoms with Crippen LogP contribution in [0.1, 0.15) is 34.8 Å². The Morgan fingerprint density at radius 1 is 1.44 bits per heavy atom. The van der Waals surface area contributed by atoms with E-state index in [4.69, 9.17) is 10.8 Å². The monoisotopic (exact) mass is 267 g/mol. The third-order valence-corrected chi connectivity index (χ3v) is 4.13. The molecule has 0 bridgehead atoms. The van der Waals surface area contributed by atoms with Crippen molar-refractivity contribution in [3.63, 3.8) is 0 Å². The average molecular weight is 267 g/mol. The van der Waals surface area contributed by atoms with Crippen LogP contribution in [0.15, 0.2) is 18.2 Å². The number of carboxylic acids is 1. The molecule has 5 heteroatoms. The zero-order valence-corrected chi connectivity index (χ0v) is 11.3. The van der Waals surface area contributed by atoms with Crippen LogP contribution in [0.2, 0.25) is 0 Å². The summed E-state index contributed by atoms with van der Waals surface area (Å²) in [7, 11) is 0. The average Bonchev–Trinajstić information content (AvgIpc) is 2.30. The van der Waals surface area contributed by atoms with Crippen LogP contribution in [-0.2, 0) is 10.5 Å². The second-order valence-corrected chi connectivity index (χ2v) is 5.24. The Bertz CT molecular complexity index is 460. The minimum absolute atomic E-state index is 0.389. The van der Waals surface area contributed by atoms with E-state index in [0.29, 0.717) is 17.7 Å². The summed E-state index contributed by atoms with van der Waals surface area (Å²) in [6.45, 7) is 3.75. The minimum atomic E-state index is -0.783. The van der Waals surface area contributed by atoms with Crippen LogP contribution in [0.25, 0.3) is 0 Å². The maximum absolute atomic E-state index is 11.0. The Balaban J connectivity index is 2.74. The molecule has 1 rings (SSSR count). The van der Waals surface area contributed by atoms with Gasteiger partial charge < -0.3 is 10.8 Å². The molecule has 4 nitrogen and oxygen atoms in total. The first-order valence-corrected chi connectivity index (χ1v) is 6.74. The fourth-order valence-corrected chi connectivity index (χ4v) is 2.65. The van der Waals surface area contributed by atoms with Crippen molar-refractivity contribution in [2.75, 3.05) is 0 Å². The summed E-state index contributed by atoms with van der Waals surface area (Å²) in [5.74, 6) is -0.612. The maximum Gasteiger partial charge on any atom is 0.316 e. The molecule has 1 amide bonds. The predicted molar refractivity (Wildman–Crippen MR) is 72.7 cm³/mol. The van der Waals surface area contributed by atoms with Crippen LogP contribution in [0.5, 0.6) is 0 Å². The van der Waals surface area contributed by atoms with Crippen molar-refractivity contribution in [1.29, 1.82) is 0 Å². The van der Waals surface area contributed by atoms with E-state index in [2.05, 4.69) is 0 Å². The van der Waals surface area contributed by atoms with Crippen molar-refractivity contribution in [3.05, 3.63) is 34.9 Å². The van der Waals surface area contributed by atoms with Crippen molar-refractivity contribution in [1.82, 2.24) is 0 Å². The first kappa shape index (κ1) is 14.6. The van der Waals surface area contributed by atoms with E-state index in [9.17, 15) is 9.59 Å². The van der Waals surface area contributed by atoms with Gasteiger partial charge in [0.2, 0.25) is 5.91 Å². The molecule has 3 N–H and O–H groups in total. The van der Waals surface area contributed by atoms with Crippen LogP contribution in [0, 0.1) is 6.92 Å². The molecular formula is C13H17NO3S. The summed E-state index contributed by atoms with van der Waals surface area (Å²) in [6, 6.07) is 5.24. The lowest BCUT2D eigenvalue weighted by Gasteiger charge is -2.11. The Morgan fingerprint density at radius 2 is 2.11 bits per heavy atom. The third kappa shape index (κ3) is 3.77. The number of carbonyl (C=O) groups excluding carboxylic acids is 1. The number of carbonyl (C=O) groups is 2. The van der Waals surface area contributed by atoms with Crippen molar-refractivity contribution in [2.24, 2.45) is 5.73 Å². The van der Waals surface area contributed by atoms with Gasteiger partial charge in [-0.05, 0) is 36.6 Å². The maximum atomic E-state index is 11.0. The van der Waals surface area contributed by atoms with Gasteiger partial charge in [-0.25, -0.2) is 0 Å². The van der Waals surface area contributed by atoms with E-state index in [1.165, 1.54) is 11.8 Å². The van der Waals surface area contributed by atoms with E-state index in [1.807, 2.05) is 19.9 Å². The zero-order chi connectivity index (χ0) is 13.7. The van der Waals surface area contributed by atoms with Crippen LogP contribution < -0.4 is 5.73 Å². The van der Waals surface area contributed by atoms with E-state index in [0.717, 1.165) is 11.1 Å². The molecule has 0 saturated heterocycles. The lowest BCUT2D eigenvalue weighted by Crippen LogP contribution is -2.15. The fraction of sp³-hybridized carbons (Fsp3) is 0.385. The van der Waals surface area contributed by atoms with Crippen molar-refractivity contribution in [3.8, 4) is 0 Å². The number of carboxylic acid groups (broad SMARTS) is 1. The van der Waals surface area contributed by atoms with Crippen molar-refractivity contribution >= 4 is 23.6 Å². The normalized spacial score (nSPS) is 12.1. The zero-order valence-electron chi connectivity index (χ0n) is 10.5. The fourth-order valence-electron chi connectivity index (χ4n) is 1.57. The number of thioether (sulfide) groups is 1. The Morgan fingerprint density at radius 3 is 2.56 bits per heavy atom. The van der Waals surface area contributed by atoms with Gasteiger partial charge in [-0.2, -0.15) is 0 Å². The predicted octanol–water partition coefficient (Wildman–Crippen LogP) is 2.19. The number of benzene rings is 1. The number of nitrogens with two attached hydrogens (primary N) is 1. The molecule has 18 heavy (non-hydrogen) atoms. The van der Waals surface area contributed by atoms with E-state index in [-0.39, 0.29) is 5.25 Å². The molecular weight excluding hydrogens is 250 g/mol. The van der Waals surface area contributed by atoms with Gasteiger partial charge in [0.1, 0.15) is 5.25 Å². The lowest BCUT2D eigenvalue weighted by atomic mass is 10.1. The molecule has 1 atom stereocenters. The van der Waals surface area contributed by atoms with Crippen LogP contribution in [0.4, 0.5) is 0 Å². The first-order valence-electron chi connectivity index (χ1n) is 5.69.